The predicted octanol–water partition coefficient (Wildman–Crippen LogP) is 5.62. The Morgan fingerprint density at radius 2 is 2.00 bits per heavy atom. The Hall–Kier alpha value is -2.35. The normalized spacial score (nSPS) is 15.4. The Morgan fingerprint density at radius 3 is 2.73 bits per heavy atom. The van der Waals surface area contributed by atoms with Crippen LogP contribution in [0.1, 0.15) is 43.6 Å². The van der Waals surface area contributed by atoms with E-state index in [1.54, 1.807) is 25.5 Å². The van der Waals surface area contributed by atoms with Crippen molar-refractivity contribution in [3.8, 4) is 16.9 Å². The molecule has 1 atom stereocenters. The Kier molecular flexibility index (Phi) is 6.13. The molecule has 0 amide bonds. The molecule has 1 aliphatic carbocycles. The van der Waals surface area contributed by atoms with Crippen LogP contribution in [-0.4, -0.2) is 26.9 Å². The van der Waals surface area contributed by atoms with E-state index in [1.165, 1.54) is 18.9 Å². The molecule has 1 unspecified atom stereocenters. The highest BCUT2D eigenvalue weighted by molar-refractivity contribution is 6.36. The zero-order valence-electron chi connectivity index (χ0n) is 16.3. The Bertz CT molecular complexity index is 1050. The van der Waals surface area contributed by atoms with E-state index in [0.717, 1.165) is 30.0 Å². The monoisotopic (exact) mass is 450 g/mol. The molecule has 1 saturated carbocycles. The maximum Gasteiger partial charge on any atom is 0.227 e. The molecular weight excluding hydrogens is 430 g/mol. The minimum atomic E-state index is -1.58. The highest BCUT2D eigenvalue weighted by Crippen LogP contribution is 2.37. The number of halogens is 3. The minimum absolute atomic E-state index is 0.0418. The number of aromatic nitrogens is 3. The van der Waals surface area contributed by atoms with Crippen molar-refractivity contribution in [3.05, 3.63) is 58.2 Å². The quantitative estimate of drug-likeness (QED) is 0.376. The van der Waals surface area contributed by atoms with Crippen LogP contribution in [0.5, 0.6) is 5.75 Å². The lowest BCUT2D eigenvalue weighted by Gasteiger charge is -2.18. The summed E-state index contributed by atoms with van der Waals surface area (Å²) in [6.07, 6.45) is 8.61. The van der Waals surface area contributed by atoms with Gasteiger partial charge in [0.2, 0.25) is 6.29 Å². The number of aliphatic hydroxyl groups is 1. The van der Waals surface area contributed by atoms with Gasteiger partial charge in [0.15, 0.2) is 11.6 Å². The van der Waals surface area contributed by atoms with Crippen molar-refractivity contribution in [3.63, 3.8) is 0 Å². The van der Waals surface area contributed by atoms with Crippen molar-refractivity contribution in [2.75, 3.05) is 12.4 Å². The van der Waals surface area contributed by atoms with E-state index in [-0.39, 0.29) is 21.4 Å². The summed E-state index contributed by atoms with van der Waals surface area (Å²) in [4.78, 5) is 4.37. The highest BCUT2D eigenvalue weighted by Gasteiger charge is 2.22. The average molecular weight is 451 g/mol. The molecule has 2 heterocycles. The van der Waals surface area contributed by atoms with Crippen LogP contribution in [0.4, 0.5) is 10.2 Å². The largest absolute Gasteiger partial charge is 0.457 e. The molecule has 3 aromatic rings. The molecule has 4 rings (SSSR count). The Balaban J connectivity index is 1.63. The molecule has 2 aromatic heterocycles. The van der Waals surface area contributed by atoms with E-state index in [0.29, 0.717) is 11.9 Å². The van der Waals surface area contributed by atoms with E-state index in [9.17, 15) is 9.50 Å². The maximum atomic E-state index is 13.8. The standard InChI is InChI=1S/C21H21Cl2FN4O2/c1-25-20-17(30-21(29)18-15(22)6-7-16(24)19(18)23)8-12(9-26-20)13-10-27-28(11-13)14-4-2-3-5-14/h6-11,14,21,29H,2-5H2,1H3,(H,25,26). The van der Waals surface area contributed by atoms with Gasteiger partial charge in [-0.25, -0.2) is 9.37 Å². The van der Waals surface area contributed by atoms with Crippen molar-refractivity contribution >= 4 is 29.0 Å². The van der Waals surface area contributed by atoms with Gasteiger partial charge in [0, 0.05) is 30.6 Å². The zero-order chi connectivity index (χ0) is 21.3. The predicted molar refractivity (Wildman–Crippen MR) is 115 cm³/mol. The van der Waals surface area contributed by atoms with Gasteiger partial charge in [0.1, 0.15) is 5.82 Å². The van der Waals surface area contributed by atoms with Gasteiger partial charge in [-0.3, -0.25) is 4.68 Å². The molecule has 6 nitrogen and oxygen atoms in total. The van der Waals surface area contributed by atoms with Crippen molar-refractivity contribution in [1.82, 2.24) is 14.8 Å². The number of pyridine rings is 1. The molecule has 9 heteroatoms. The van der Waals surface area contributed by atoms with Crippen molar-refractivity contribution in [1.29, 1.82) is 0 Å². The highest BCUT2D eigenvalue weighted by atomic mass is 35.5. The topological polar surface area (TPSA) is 72.2 Å². The fraction of sp³-hybridized carbons (Fsp3) is 0.333. The fourth-order valence-corrected chi connectivity index (χ4v) is 4.24. The molecule has 0 bridgehead atoms. The van der Waals surface area contributed by atoms with Crippen LogP contribution < -0.4 is 10.1 Å². The molecule has 158 valence electrons. The molecule has 1 aliphatic rings. The zero-order valence-corrected chi connectivity index (χ0v) is 17.8. The first kappa shape index (κ1) is 20.9. The second-order valence-electron chi connectivity index (χ2n) is 7.20. The molecule has 0 spiro atoms. The number of aliphatic hydroxyl groups excluding tert-OH is 1. The van der Waals surface area contributed by atoms with Crippen molar-refractivity contribution < 1.29 is 14.2 Å². The second kappa shape index (κ2) is 8.79. The van der Waals surface area contributed by atoms with Crippen LogP contribution >= 0.6 is 23.2 Å². The summed E-state index contributed by atoms with van der Waals surface area (Å²) < 4.78 is 21.5. The van der Waals surface area contributed by atoms with Gasteiger partial charge in [-0.05, 0) is 31.0 Å². The molecule has 0 radical (unpaired) electrons. The number of rotatable bonds is 6. The fourth-order valence-electron chi connectivity index (χ4n) is 3.68. The molecular formula is C21H21Cl2FN4O2. The summed E-state index contributed by atoms with van der Waals surface area (Å²) in [6.45, 7) is 0. The number of hydrogen-bond donors (Lipinski definition) is 2. The maximum absolute atomic E-state index is 13.8. The molecule has 30 heavy (non-hydrogen) atoms. The average Bonchev–Trinajstić information content (AvgIpc) is 3.42. The number of hydrogen-bond acceptors (Lipinski definition) is 5. The van der Waals surface area contributed by atoms with Crippen LogP contribution in [-0.2, 0) is 0 Å². The number of benzene rings is 1. The lowest BCUT2D eigenvalue weighted by molar-refractivity contribution is -0.0191. The number of ether oxygens (including phenoxy) is 1. The summed E-state index contributed by atoms with van der Waals surface area (Å²) in [7, 11) is 1.68. The summed E-state index contributed by atoms with van der Waals surface area (Å²) in [5.41, 5.74) is 1.62. The first-order chi connectivity index (χ1) is 14.5. The smallest absolute Gasteiger partial charge is 0.227 e. The van der Waals surface area contributed by atoms with Crippen LogP contribution in [0, 0.1) is 5.82 Å². The second-order valence-corrected chi connectivity index (χ2v) is 7.98. The number of anilines is 1. The molecule has 2 N–H and O–H groups in total. The summed E-state index contributed by atoms with van der Waals surface area (Å²) >= 11 is 12.1. The summed E-state index contributed by atoms with van der Waals surface area (Å²) in [5, 5.41) is 17.8. The summed E-state index contributed by atoms with van der Waals surface area (Å²) in [5.74, 6) is -0.0177. The van der Waals surface area contributed by atoms with Crippen LogP contribution in [0.15, 0.2) is 36.8 Å². The third kappa shape index (κ3) is 4.10. The van der Waals surface area contributed by atoms with E-state index in [4.69, 9.17) is 27.9 Å². The number of nitrogens with zero attached hydrogens (tertiary/aromatic N) is 3. The van der Waals surface area contributed by atoms with Gasteiger partial charge < -0.3 is 15.2 Å². The third-order valence-electron chi connectivity index (χ3n) is 5.29. The molecule has 1 aromatic carbocycles. The molecule has 0 saturated heterocycles. The Labute approximate surface area is 183 Å². The molecule has 1 fully saturated rings. The van der Waals surface area contributed by atoms with Crippen molar-refractivity contribution in [2.24, 2.45) is 0 Å². The van der Waals surface area contributed by atoms with E-state index in [2.05, 4.69) is 15.4 Å². The lowest BCUT2D eigenvalue weighted by Crippen LogP contribution is -2.10. The van der Waals surface area contributed by atoms with Crippen LogP contribution in [0.25, 0.3) is 11.1 Å². The van der Waals surface area contributed by atoms with Gasteiger partial charge in [-0.15, -0.1) is 0 Å². The first-order valence-corrected chi connectivity index (χ1v) is 10.4. The van der Waals surface area contributed by atoms with Gasteiger partial charge in [0.05, 0.1) is 27.8 Å². The van der Waals surface area contributed by atoms with E-state index >= 15 is 0 Å². The van der Waals surface area contributed by atoms with Gasteiger partial charge in [-0.1, -0.05) is 36.0 Å². The molecule has 0 aliphatic heterocycles. The Morgan fingerprint density at radius 1 is 1.23 bits per heavy atom. The van der Waals surface area contributed by atoms with Gasteiger partial charge in [-0.2, -0.15) is 5.10 Å². The lowest BCUT2D eigenvalue weighted by atomic mass is 10.1. The van der Waals surface area contributed by atoms with Gasteiger partial charge >= 0.3 is 0 Å². The van der Waals surface area contributed by atoms with E-state index < -0.39 is 12.1 Å². The van der Waals surface area contributed by atoms with Gasteiger partial charge in [0.25, 0.3) is 0 Å². The number of nitrogens with one attached hydrogen (secondary N) is 1. The third-order valence-corrected chi connectivity index (χ3v) is 6.00. The van der Waals surface area contributed by atoms with Crippen LogP contribution in [0.3, 0.4) is 0 Å². The SMILES string of the molecule is CNc1ncc(-c2cnn(C3CCCC3)c2)cc1OC(O)c1c(Cl)ccc(F)c1Cl. The first-order valence-electron chi connectivity index (χ1n) is 9.68. The van der Waals surface area contributed by atoms with Crippen molar-refractivity contribution in [2.45, 2.75) is 38.0 Å². The minimum Gasteiger partial charge on any atom is -0.457 e. The van der Waals surface area contributed by atoms with Crippen LogP contribution in [0.2, 0.25) is 10.0 Å². The summed E-state index contributed by atoms with van der Waals surface area (Å²) in [6, 6.07) is 4.61. The van der Waals surface area contributed by atoms with E-state index in [1.807, 2.05) is 10.9 Å².